The highest BCUT2D eigenvalue weighted by Crippen LogP contribution is 2.14. The Morgan fingerprint density at radius 2 is 2.24 bits per heavy atom. The maximum Gasteiger partial charge on any atom is 0.131 e. The summed E-state index contributed by atoms with van der Waals surface area (Å²) in [5.41, 5.74) is 2.21. The molecule has 0 aliphatic carbocycles. The zero-order valence-corrected chi connectivity index (χ0v) is 11.4. The molecule has 0 bridgehead atoms. The zero-order valence-electron chi connectivity index (χ0n) is 9.79. The number of H-pyrrole nitrogens is 1. The van der Waals surface area contributed by atoms with Crippen LogP contribution in [0.5, 0.6) is 0 Å². The highest BCUT2D eigenvalue weighted by Gasteiger charge is 2.03. The summed E-state index contributed by atoms with van der Waals surface area (Å²) in [6.45, 7) is 4.73. The Bertz CT molecular complexity index is 508. The largest absolute Gasteiger partial charge is 0.366 e. The number of hydrogen-bond acceptors (Lipinski definition) is 4. The summed E-state index contributed by atoms with van der Waals surface area (Å²) in [6.07, 6.45) is 2.64. The number of nitrogens with one attached hydrogen (secondary N) is 2. The van der Waals surface area contributed by atoms with Crippen LogP contribution in [0.2, 0.25) is 0 Å². The number of hydrogen-bond donors (Lipinski definition) is 2. The third-order valence-electron chi connectivity index (χ3n) is 2.45. The van der Waals surface area contributed by atoms with Crippen molar-refractivity contribution in [2.45, 2.75) is 26.8 Å². The second-order valence-electron chi connectivity index (χ2n) is 3.72. The Morgan fingerprint density at radius 1 is 1.41 bits per heavy atom. The van der Waals surface area contributed by atoms with Crippen molar-refractivity contribution in [3.63, 3.8) is 0 Å². The minimum Gasteiger partial charge on any atom is -0.366 e. The van der Waals surface area contributed by atoms with E-state index >= 15 is 0 Å². The van der Waals surface area contributed by atoms with Gasteiger partial charge in [0.2, 0.25) is 0 Å². The fourth-order valence-corrected chi connectivity index (χ4v) is 1.87. The molecule has 0 aliphatic rings. The van der Waals surface area contributed by atoms with Gasteiger partial charge in [-0.3, -0.25) is 5.10 Å². The van der Waals surface area contributed by atoms with Gasteiger partial charge in [0, 0.05) is 30.3 Å². The van der Waals surface area contributed by atoms with E-state index < -0.39 is 0 Å². The molecule has 2 N–H and O–H groups in total. The fraction of sp³-hybridized carbons (Fsp3) is 0.364. The Labute approximate surface area is 108 Å². The molecule has 17 heavy (non-hydrogen) atoms. The van der Waals surface area contributed by atoms with E-state index in [1.54, 1.807) is 0 Å². The van der Waals surface area contributed by atoms with Crippen LogP contribution in [0.25, 0.3) is 0 Å². The predicted octanol–water partition coefficient (Wildman–Crippen LogP) is 2.45. The molecule has 0 saturated heterocycles. The number of anilines is 1. The number of aromatic amines is 1. The molecule has 0 fully saturated rings. The van der Waals surface area contributed by atoms with Crippen LogP contribution in [0.3, 0.4) is 0 Å². The molecule has 2 rings (SSSR count). The maximum absolute atomic E-state index is 4.40. The number of halogens is 1. The van der Waals surface area contributed by atoms with Gasteiger partial charge in [-0.15, -0.1) is 0 Å². The molecule has 0 spiro atoms. The average molecular weight is 296 g/mol. The second kappa shape index (κ2) is 5.27. The predicted molar refractivity (Wildman–Crippen MR) is 69.8 cm³/mol. The standard InChI is InChI=1S/C11H14BrN5/c1-3-10-15-9(12)4-11(16-10)13-5-8-6-14-17-7(8)2/h4,6H,3,5H2,1-2H3,(H,14,17)(H,13,15,16). The lowest BCUT2D eigenvalue weighted by Gasteiger charge is -2.06. The summed E-state index contributed by atoms with van der Waals surface area (Å²) >= 11 is 3.38. The lowest BCUT2D eigenvalue weighted by atomic mass is 10.2. The Kier molecular flexibility index (Phi) is 3.73. The highest BCUT2D eigenvalue weighted by atomic mass is 79.9. The van der Waals surface area contributed by atoms with E-state index in [0.717, 1.165) is 33.9 Å². The van der Waals surface area contributed by atoms with Gasteiger partial charge in [0.25, 0.3) is 0 Å². The fourth-order valence-electron chi connectivity index (χ4n) is 1.45. The molecule has 0 aromatic carbocycles. The van der Waals surface area contributed by atoms with Gasteiger partial charge in [0.05, 0.1) is 6.20 Å². The van der Waals surface area contributed by atoms with Gasteiger partial charge in [-0.2, -0.15) is 5.10 Å². The first kappa shape index (κ1) is 12.0. The first-order valence-corrected chi connectivity index (χ1v) is 6.24. The van der Waals surface area contributed by atoms with Crippen molar-refractivity contribution in [1.29, 1.82) is 0 Å². The Balaban J connectivity index is 2.09. The third kappa shape index (κ3) is 3.03. The van der Waals surface area contributed by atoms with E-state index in [-0.39, 0.29) is 0 Å². The molecule has 0 amide bonds. The van der Waals surface area contributed by atoms with Gasteiger partial charge < -0.3 is 5.32 Å². The van der Waals surface area contributed by atoms with Gasteiger partial charge in [0.15, 0.2) is 0 Å². The summed E-state index contributed by atoms with van der Waals surface area (Å²) in [5, 5.41) is 10.1. The zero-order chi connectivity index (χ0) is 12.3. The van der Waals surface area contributed by atoms with Crippen LogP contribution in [-0.4, -0.2) is 20.2 Å². The van der Waals surface area contributed by atoms with E-state index in [2.05, 4.69) is 41.4 Å². The van der Waals surface area contributed by atoms with Crippen LogP contribution >= 0.6 is 15.9 Å². The monoisotopic (exact) mass is 295 g/mol. The van der Waals surface area contributed by atoms with Crippen LogP contribution < -0.4 is 5.32 Å². The SMILES string of the molecule is CCc1nc(Br)cc(NCc2cn[nH]c2C)n1. The maximum atomic E-state index is 4.40. The minimum absolute atomic E-state index is 0.703. The van der Waals surface area contributed by atoms with Crippen LogP contribution in [0.1, 0.15) is 24.0 Å². The van der Waals surface area contributed by atoms with Crippen molar-refractivity contribution < 1.29 is 0 Å². The molecule has 0 atom stereocenters. The summed E-state index contributed by atoms with van der Waals surface area (Å²) in [4.78, 5) is 8.66. The molecule has 2 aromatic rings. The van der Waals surface area contributed by atoms with E-state index in [1.807, 2.05) is 26.1 Å². The topological polar surface area (TPSA) is 66.5 Å². The van der Waals surface area contributed by atoms with Crippen molar-refractivity contribution in [3.05, 3.63) is 33.9 Å². The van der Waals surface area contributed by atoms with E-state index in [1.165, 1.54) is 0 Å². The van der Waals surface area contributed by atoms with Crippen LogP contribution in [0, 0.1) is 6.92 Å². The van der Waals surface area contributed by atoms with Crippen LogP contribution in [0.15, 0.2) is 16.9 Å². The minimum atomic E-state index is 0.703. The quantitative estimate of drug-likeness (QED) is 0.850. The van der Waals surface area contributed by atoms with E-state index in [0.29, 0.717) is 6.54 Å². The summed E-state index contributed by atoms with van der Waals surface area (Å²) < 4.78 is 0.802. The van der Waals surface area contributed by atoms with Crippen molar-refractivity contribution >= 4 is 21.7 Å². The van der Waals surface area contributed by atoms with Crippen LogP contribution in [0.4, 0.5) is 5.82 Å². The molecule has 6 heteroatoms. The summed E-state index contributed by atoms with van der Waals surface area (Å²) in [6, 6.07) is 1.87. The normalized spacial score (nSPS) is 10.5. The smallest absolute Gasteiger partial charge is 0.131 e. The number of aromatic nitrogens is 4. The first-order valence-electron chi connectivity index (χ1n) is 5.45. The molecule has 0 unspecified atom stereocenters. The average Bonchev–Trinajstić information content (AvgIpc) is 2.71. The van der Waals surface area contributed by atoms with E-state index in [4.69, 9.17) is 0 Å². The van der Waals surface area contributed by atoms with E-state index in [9.17, 15) is 0 Å². The molecule has 0 saturated carbocycles. The van der Waals surface area contributed by atoms with Gasteiger partial charge in [0.1, 0.15) is 16.2 Å². The van der Waals surface area contributed by atoms with Gasteiger partial charge in [-0.25, -0.2) is 9.97 Å². The second-order valence-corrected chi connectivity index (χ2v) is 4.53. The van der Waals surface area contributed by atoms with Gasteiger partial charge >= 0.3 is 0 Å². The van der Waals surface area contributed by atoms with Crippen molar-refractivity contribution in [3.8, 4) is 0 Å². The number of nitrogens with zero attached hydrogens (tertiary/aromatic N) is 3. The molecule has 2 heterocycles. The molecular formula is C11H14BrN5. The third-order valence-corrected chi connectivity index (χ3v) is 2.86. The van der Waals surface area contributed by atoms with Crippen molar-refractivity contribution in [2.24, 2.45) is 0 Å². The van der Waals surface area contributed by atoms with Crippen LogP contribution in [-0.2, 0) is 13.0 Å². The Hall–Kier alpha value is -1.43. The van der Waals surface area contributed by atoms with Crippen molar-refractivity contribution in [2.75, 3.05) is 5.32 Å². The highest BCUT2D eigenvalue weighted by molar-refractivity contribution is 9.10. The lowest BCUT2D eigenvalue weighted by Crippen LogP contribution is -2.04. The first-order chi connectivity index (χ1) is 8.19. The molecule has 90 valence electrons. The molecule has 0 aliphatic heterocycles. The van der Waals surface area contributed by atoms with Gasteiger partial charge in [-0.1, -0.05) is 6.92 Å². The number of rotatable bonds is 4. The molecule has 2 aromatic heterocycles. The number of aryl methyl sites for hydroxylation is 2. The van der Waals surface area contributed by atoms with Gasteiger partial charge in [-0.05, 0) is 22.9 Å². The Morgan fingerprint density at radius 3 is 2.88 bits per heavy atom. The van der Waals surface area contributed by atoms with Crippen molar-refractivity contribution in [1.82, 2.24) is 20.2 Å². The summed E-state index contributed by atoms with van der Waals surface area (Å²) in [7, 11) is 0. The summed E-state index contributed by atoms with van der Waals surface area (Å²) in [5.74, 6) is 1.65. The molecular weight excluding hydrogens is 282 g/mol. The molecule has 0 radical (unpaired) electrons. The molecule has 5 nitrogen and oxygen atoms in total. The lowest BCUT2D eigenvalue weighted by molar-refractivity contribution is 0.921.